The zero-order valence-corrected chi connectivity index (χ0v) is 34.9. The van der Waals surface area contributed by atoms with Crippen molar-refractivity contribution in [2.24, 2.45) is 27.6 Å². The van der Waals surface area contributed by atoms with Crippen molar-refractivity contribution in [3.63, 3.8) is 0 Å². The van der Waals surface area contributed by atoms with Crippen LogP contribution in [0.1, 0.15) is 96.9 Å². The van der Waals surface area contributed by atoms with E-state index in [1.165, 1.54) is 59.3 Å². The maximum absolute atomic E-state index is 3.34. The Morgan fingerprint density at radius 3 is 1.84 bits per heavy atom. The number of benzene rings is 3. The van der Waals surface area contributed by atoms with Crippen LogP contribution in [-0.4, -0.2) is 4.21 Å². The van der Waals surface area contributed by atoms with Gasteiger partial charge in [-0.15, -0.1) is 13.3 Å². The number of hydrogen-bond donors (Lipinski definition) is 0. The molecule has 262 valence electrons. The first-order valence-corrected chi connectivity index (χ1v) is 20.0. The van der Waals surface area contributed by atoms with Gasteiger partial charge in [-0.3, -0.25) is 6.08 Å². The molecule has 2 atom stereocenters. The molecule has 2 unspecified atom stereocenters. The summed E-state index contributed by atoms with van der Waals surface area (Å²) in [6.45, 7) is 24.4. The van der Waals surface area contributed by atoms with Gasteiger partial charge in [-0.05, 0) is 40.6 Å². The van der Waals surface area contributed by atoms with Gasteiger partial charge < -0.3 is 0 Å². The van der Waals surface area contributed by atoms with Crippen molar-refractivity contribution in [3.8, 4) is 0 Å². The van der Waals surface area contributed by atoms with Gasteiger partial charge >= 0.3 is 28.4 Å². The van der Waals surface area contributed by atoms with Crippen LogP contribution in [0.4, 0.5) is 0 Å². The Morgan fingerprint density at radius 2 is 1.36 bits per heavy atom. The summed E-state index contributed by atoms with van der Waals surface area (Å²) in [4.78, 5) is 0. The van der Waals surface area contributed by atoms with Gasteiger partial charge in [-0.2, -0.15) is 89.0 Å². The molecule has 0 radical (unpaired) electrons. The second-order valence-corrected chi connectivity index (χ2v) is 15.9. The van der Waals surface area contributed by atoms with Crippen LogP contribution in [-0.2, 0) is 30.7 Å². The monoisotopic (exact) mass is 736 g/mol. The summed E-state index contributed by atoms with van der Waals surface area (Å²) in [6.07, 6.45) is 18.5. The van der Waals surface area contributed by atoms with E-state index in [-0.39, 0.29) is 21.7 Å². The van der Waals surface area contributed by atoms with Gasteiger partial charge in [0.1, 0.15) is 0 Å². The van der Waals surface area contributed by atoms with Gasteiger partial charge in [0.15, 0.2) is 0 Å². The molecule has 1 heteroatoms. The topological polar surface area (TPSA) is 0 Å². The first-order valence-electron chi connectivity index (χ1n) is 18.3. The third-order valence-corrected chi connectivity index (χ3v) is 13.1. The van der Waals surface area contributed by atoms with E-state index < -0.39 is 0 Å². The van der Waals surface area contributed by atoms with Crippen LogP contribution in [0, 0.1) is 65.6 Å². The Bertz CT molecular complexity index is 1690. The van der Waals surface area contributed by atoms with Gasteiger partial charge in [0.2, 0.25) is 0 Å². The van der Waals surface area contributed by atoms with E-state index in [1.807, 2.05) is 60.7 Å². The van der Waals surface area contributed by atoms with Crippen LogP contribution in [0.3, 0.4) is 0 Å². The van der Waals surface area contributed by atoms with Crippen LogP contribution in [0.25, 0.3) is 5.57 Å². The average Bonchev–Trinajstić information content (AvgIpc) is 3.82. The molecule has 0 heterocycles. The Labute approximate surface area is 320 Å². The molecule has 50 heavy (non-hydrogen) atoms. The van der Waals surface area contributed by atoms with E-state index in [9.17, 15) is 0 Å². The van der Waals surface area contributed by atoms with Crippen LogP contribution in [0.5, 0.6) is 0 Å². The van der Waals surface area contributed by atoms with E-state index >= 15 is 0 Å². The van der Waals surface area contributed by atoms with Crippen molar-refractivity contribution in [1.82, 2.24) is 0 Å². The van der Waals surface area contributed by atoms with Gasteiger partial charge in [0.25, 0.3) is 0 Å². The third kappa shape index (κ3) is 7.33. The van der Waals surface area contributed by atoms with Crippen molar-refractivity contribution in [3.05, 3.63) is 166 Å². The number of allylic oxidation sites excluding steroid dienone is 10. The van der Waals surface area contributed by atoms with Crippen LogP contribution < -0.4 is 0 Å². The molecule has 0 nitrogen and oxygen atoms in total. The summed E-state index contributed by atoms with van der Waals surface area (Å²) in [7, 11) is 0. The van der Waals surface area contributed by atoms with Gasteiger partial charge in [-0.1, -0.05) is 127 Å². The Kier molecular flexibility index (Phi) is 13.2. The average molecular weight is 738 g/mol. The molecule has 0 N–H and O–H groups in total. The molecule has 0 aliphatic heterocycles. The van der Waals surface area contributed by atoms with E-state index in [4.69, 9.17) is 0 Å². The van der Waals surface area contributed by atoms with Gasteiger partial charge in [-0.25, -0.2) is 18.1 Å². The molecule has 5 aliphatic carbocycles. The molecule has 8 rings (SSSR count). The van der Waals surface area contributed by atoms with Crippen LogP contribution in [0.2, 0.25) is 0 Å². The van der Waals surface area contributed by atoms with Crippen molar-refractivity contribution in [2.45, 2.75) is 94.9 Å². The molecule has 0 saturated heterocycles. The predicted octanol–water partition coefficient (Wildman–Crippen LogP) is 12.8. The van der Waals surface area contributed by atoms with Gasteiger partial charge in [0, 0.05) is 0 Å². The molecular weight excluding hydrogens is 680 g/mol. The normalized spacial score (nSPS) is 23.5. The number of fused-ring (bicyclic) bond motifs is 6. The Balaban J connectivity index is 0.000000215. The number of hydrogen-bond acceptors (Lipinski definition) is 0. The first kappa shape index (κ1) is 39.8. The second-order valence-electron chi connectivity index (χ2n) is 15.9. The number of aryl methyl sites for hydroxylation is 2. The number of rotatable bonds is 0. The fourth-order valence-electron chi connectivity index (χ4n) is 8.85. The molecule has 0 aromatic heterocycles. The second kappa shape index (κ2) is 16.5. The molecule has 0 bridgehead atoms. The van der Waals surface area contributed by atoms with Crippen molar-refractivity contribution < 1.29 is 24.2 Å². The summed E-state index contributed by atoms with van der Waals surface area (Å²) < 4.78 is 3.34. The summed E-state index contributed by atoms with van der Waals surface area (Å²) in [6, 6.07) is 30.8. The van der Waals surface area contributed by atoms with E-state index in [2.05, 4.69) is 134 Å². The Morgan fingerprint density at radius 1 is 0.780 bits per heavy atom. The SMILES string of the molecule is C[C-]1C2=C3Cc4ccccc4C3=C3C=CCCC3C2(C)C(C)(C)C(C)(C)C1(C)C.Cc1cc[c-]cc1.Cc1cc[c-]cc1.[C-]1=CC=CC1.[CH2]=[Zr]. The van der Waals surface area contributed by atoms with Crippen LogP contribution >= 0.6 is 0 Å². The van der Waals surface area contributed by atoms with Crippen molar-refractivity contribution in [1.29, 1.82) is 0 Å². The minimum atomic E-state index is 0.164. The zero-order valence-electron chi connectivity index (χ0n) is 32.4. The maximum atomic E-state index is 3.34. The summed E-state index contributed by atoms with van der Waals surface area (Å²) in [5, 5.41) is 0. The molecule has 1 saturated carbocycles. The fraction of sp³-hybridized carbons (Fsp3) is 0.388. The fourth-order valence-corrected chi connectivity index (χ4v) is 8.85. The third-order valence-electron chi connectivity index (χ3n) is 13.1. The zero-order chi connectivity index (χ0) is 36.7. The quantitative estimate of drug-likeness (QED) is 0.202. The molecule has 3 aromatic rings. The molecule has 0 amide bonds. The minimum absolute atomic E-state index is 0.164. The van der Waals surface area contributed by atoms with E-state index in [1.54, 1.807) is 28.2 Å². The summed E-state index contributed by atoms with van der Waals surface area (Å²) >= 11 is 1.30. The van der Waals surface area contributed by atoms with Crippen molar-refractivity contribution in [2.75, 3.05) is 0 Å². The van der Waals surface area contributed by atoms with Crippen molar-refractivity contribution >= 4 is 9.78 Å². The van der Waals surface area contributed by atoms with E-state index in [0.717, 1.165) is 12.8 Å². The Hall–Kier alpha value is -3.02. The predicted molar refractivity (Wildman–Crippen MR) is 213 cm³/mol. The molecule has 0 spiro atoms. The molecular formula is C49H58Zr-4. The molecule has 5 aliphatic rings. The van der Waals surface area contributed by atoms with E-state index in [0.29, 0.717) is 5.92 Å². The molecule has 3 aromatic carbocycles. The summed E-state index contributed by atoms with van der Waals surface area (Å²) in [5.41, 5.74) is 12.9. The van der Waals surface area contributed by atoms with Gasteiger partial charge in [0.05, 0.1) is 0 Å². The summed E-state index contributed by atoms with van der Waals surface area (Å²) in [5.74, 6) is 2.24. The first-order chi connectivity index (χ1) is 23.8. The standard InChI is InChI=1S/C29H37.2C7H7.C5H5.CH2.Zr/c1-18-25-22-17-19-13-9-10-14-20(19)24(22)21-15-11-12-16-23(21)29(25,8)28(6,7)27(4,5)26(18,2)3;2*1-7-5-3-2-4-6-7;1-2-4-5-3-1;;/h9-11,13-15,23H,12,16-17H2,1-8H3;2*3-6H,1H3;1-3H,4H2;1H2;/q4*-1;;. The van der Waals surface area contributed by atoms with Crippen LogP contribution in [0.15, 0.2) is 120 Å². The molecule has 1 fully saturated rings.